The van der Waals surface area contributed by atoms with Crippen molar-refractivity contribution < 1.29 is 4.79 Å². The average Bonchev–Trinajstić information content (AvgIpc) is 3.48. The van der Waals surface area contributed by atoms with Gasteiger partial charge in [-0.15, -0.1) is 0 Å². The van der Waals surface area contributed by atoms with Gasteiger partial charge in [-0.05, 0) is 71.2 Å². The smallest absolute Gasteiger partial charge is 0.270 e. The minimum Gasteiger partial charge on any atom is -0.339 e. The lowest BCUT2D eigenvalue weighted by Crippen LogP contribution is -2.40. The Hall–Kier alpha value is -3.87. The molecule has 0 saturated heterocycles. The molecule has 0 radical (unpaired) electrons. The van der Waals surface area contributed by atoms with Gasteiger partial charge in [0.2, 0.25) is 0 Å². The topological polar surface area (TPSA) is 68.0 Å². The first-order valence-corrected chi connectivity index (χ1v) is 12.6. The number of rotatable bonds is 5. The Labute approximate surface area is 211 Å². The lowest BCUT2D eigenvalue weighted by molar-refractivity contribution is 0.0688. The fourth-order valence-corrected chi connectivity index (χ4v) is 5.68. The van der Waals surface area contributed by atoms with Gasteiger partial charge in [-0.2, -0.15) is 5.10 Å². The van der Waals surface area contributed by atoms with Gasteiger partial charge in [-0.1, -0.05) is 32.0 Å². The minimum atomic E-state index is 0.150. The molecule has 0 fully saturated rings. The van der Waals surface area contributed by atoms with E-state index < -0.39 is 0 Å². The molecule has 0 bridgehead atoms. The number of aryl methyl sites for hydroxylation is 2. The molecule has 2 aliphatic rings. The summed E-state index contributed by atoms with van der Waals surface area (Å²) in [5.74, 6) is 0.927. The molecule has 7 nitrogen and oxygen atoms in total. The molecule has 3 aromatic heterocycles. The highest BCUT2D eigenvalue weighted by atomic mass is 16.2. The van der Waals surface area contributed by atoms with Crippen LogP contribution in [-0.2, 0) is 33.0 Å². The van der Waals surface area contributed by atoms with E-state index in [1.807, 2.05) is 36.5 Å². The zero-order valence-electron chi connectivity index (χ0n) is 21.4. The van der Waals surface area contributed by atoms with E-state index in [0.717, 1.165) is 54.3 Å². The number of hydrogen-bond acceptors (Lipinski definition) is 4. The molecule has 36 heavy (non-hydrogen) atoms. The average molecular weight is 481 g/mol. The highest BCUT2D eigenvalue weighted by Crippen LogP contribution is 2.39. The van der Waals surface area contributed by atoms with Gasteiger partial charge in [0.05, 0.1) is 11.9 Å². The molecule has 1 aliphatic heterocycles. The van der Waals surface area contributed by atoms with Crippen LogP contribution in [0.4, 0.5) is 11.5 Å². The van der Waals surface area contributed by atoms with Crippen LogP contribution in [-0.4, -0.2) is 36.7 Å². The van der Waals surface area contributed by atoms with Gasteiger partial charge < -0.3 is 14.8 Å². The van der Waals surface area contributed by atoms with Crippen LogP contribution >= 0.6 is 0 Å². The Morgan fingerprint density at radius 2 is 1.89 bits per heavy atom. The van der Waals surface area contributed by atoms with Gasteiger partial charge in [0.1, 0.15) is 11.5 Å². The Balaban J connectivity index is 1.18. The first kappa shape index (κ1) is 22.6. The summed E-state index contributed by atoms with van der Waals surface area (Å²) in [6.45, 7) is 9.02. The van der Waals surface area contributed by atoms with E-state index in [1.54, 1.807) is 10.9 Å². The molecule has 6 rings (SSSR count). The van der Waals surface area contributed by atoms with Crippen LogP contribution in [0.25, 0.3) is 11.1 Å². The van der Waals surface area contributed by atoms with Crippen molar-refractivity contribution in [2.45, 2.75) is 46.7 Å². The molecule has 1 aromatic carbocycles. The summed E-state index contributed by atoms with van der Waals surface area (Å²) in [4.78, 5) is 19.8. The van der Waals surface area contributed by atoms with Gasteiger partial charge in [0.25, 0.3) is 5.91 Å². The third-order valence-corrected chi connectivity index (χ3v) is 7.49. The Morgan fingerprint density at radius 3 is 2.67 bits per heavy atom. The molecule has 0 unspecified atom stereocenters. The number of carbonyl (C=O) groups excluding carboxylic acids is 1. The van der Waals surface area contributed by atoms with E-state index in [2.05, 4.69) is 65.0 Å². The largest absolute Gasteiger partial charge is 0.339 e. The Kier molecular flexibility index (Phi) is 5.25. The maximum Gasteiger partial charge on any atom is 0.270 e. The fraction of sp³-hybridized carbons (Fsp3) is 0.345. The molecule has 0 atom stereocenters. The van der Waals surface area contributed by atoms with Crippen molar-refractivity contribution in [1.29, 1.82) is 0 Å². The van der Waals surface area contributed by atoms with Gasteiger partial charge in [0.15, 0.2) is 0 Å². The number of amides is 1. The molecule has 0 saturated carbocycles. The van der Waals surface area contributed by atoms with Crippen molar-refractivity contribution >= 4 is 17.4 Å². The number of hydrogen-bond donors (Lipinski definition) is 1. The highest BCUT2D eigenvalue weighted by Gasteiger charge is 2.36. The molecule has 7 heteroatoms. The second kappa shape index (κ2) is 8.36. The van der Waals surface area contributed by atoms with E-state index in [-0.39, 0.29) is 5.91 Å². The maximum absolute atomic E-state index is 13.4. The third-order valence-electron chi connectivity index (χ3n) is 7.49. The van der Waals surface area contributed by atoms with Gasteiger partial charge in [-0.3, -0.25) is 9.48 Å². The minimum absolute atomic E-state index is 0.150. The molecular formula is C29H32N6O. The van der Waals surface area contributed by atoms with Gasteiger partial charge in [0, 0.05) is 44.8 Å². The normalized spacial score (nSPS) is 16.2. The van der Waals surface area contributed by atoms with Crippen molar-refractivity contribution in [3.8, 4) is 11.1 Å². The predicted octanol–water partition coefficient (Wildman–Crippen LogP) is 5.12. The van der Waals surface area contributed by atoms with Crippen molar-refractivity contribution in [3.63, 3.8) is 0 Å². The SMILES string of the molecule is Cc1cc(-c2ccnc(Nc3cnn(C)c3)c2)ccc1CN1CCn2c(cc3c2CC(C)(C)C3)C1=O. The zero-order valence-corrected chi connectivity index (χ0v) is 21.4. The quantitative estimate of drug-likeness (QED) is 0.431. The lowest BCUT2D eigenvalue weighted by atomic mass is 9.90. The van der Waals surface area contributed by atoms with Crippen molar-refractivity contribution in [3.05, 3.63) is 83.1 Å². The van der Waals surface area contributed by atoms with Gasteiger partial charge >= 0.3 is 0 Å². The van der Waals surface area contributed by atoms with Crippen LogP contribution in [0, 0.1) is 12.3 Å². The molecule has 1 N–H and O–H groups in total. The third kappa shape index (κ3) is 4.08. The van der Waals surface area contributed by atoms with E-state index in [0.29, 0.717) is 12.0 Å². The maximum atomic E-state index is 13.4. The van der Waals surface area contributed by atoms with E-state index >= 15 is 0 Å². The summed E-state index contributed by atoms with van der Waals surface area (Å²) in [7, 11) is 1.89. The summed E-state index contributed by atoms with van der Waals surface area (Å²) >= 11 is 0. The molecular weight excluding hydrogens is 448 g/mol. The number of anilines is 2. The van der Waals surface area contributed by atoms with Crippen LogP contribution in [0.2, 0.25) is 0 Å². The Morgan fingerprint density at radius 1 is 1.06 bits per heavy atom. The van der Waals surface area contributed by atoms with E-state index in [9.17, 15) is 4.79 Å². The van der Waals surface area contributed by atoms with E-state index in [1.165, 1.54) is 22.4 Å². The molecule has 184 valence electrons. The number of benzene rings is 1. The highest BCUT2D eigenvalue weighted by molar-refractivity contribution is 5.94. The van der Waals surface area contributed by atoms with E-state index in [4.69, 9.17) is 0 Å². The molecule has 4 aromatic rings. The number of aromatic nitrogens is 4. The summed E-state index contributed by atoms with van der Waals surface area (Å²) in [6, 6.07) is 12.7. The number of nitrogens with one attached hydrogen (secondary N) is 1. The first-order valence-electron chi connectivity index (χ1n) is 12.6. The second-order valence-corrected chi connectivity index (χ2v) is 11.0. The van der Waals surface area contributed by atoms with Crippen LogP contribution in [0.15, 0.2) is 55.0 Å². The zero-order chi connectivity index (χ0) is 25.0. The standard InChI is InChI=1S/C29H32N6O/c1-19-11-20(21-7-8-30-27(13-21)32-24-16-31-33(4)18-24)5-6-22(19)17-34-9-10-35-25(28(34)36)12-23-14-29(2,3)15-26(23)35/h5-8,11-13,16,18H,9-10,14-15,17H2,1-4H3,(H,30,32). The number of fused-ring (bicyclic) bond motifs is 3. The number of pyridine rings is 1. The molecule has 1 amide bonds. The van der Waals surface area contributed by atoms with Crippen molar-refractivity contribution in [2.24, 2.45) is 12.5 Å². The molecule has 1 aliphatic carbocycles. The van der Waals surface area contributed by atoms with Gasteiger partial charge in [-0.25, -0.2) is 4.98 Å². The summed E-state index contributed by atoms with van der Waals surface area (Å²) in [5.41, 5.74) is 9.39. The monoisotopic (exact) mass is 480 g/mol. The summed E-state index contributed by atoms with van der Waals surface area (Å²) in [6.07, 6.45) is 7.63. The first-order chi connectivity index (χ1) is 17.3. The van der Waals surface area contributed by atoms with Crippen molar-refractivity contribution in [2.75, 3.05) is 11.9 Å². The second-order valence-electron chi connectivity index (χ2n) is 11.0. The number of nitrogens with zero attached hydrogens (tertiary/aromatic N) is 5. The van der Waals surface area contributed by atoms with Crippen LogP contribution in [0.1, 0.15) is 46.7 Å². The number of carbonyl (C=O) groups is 1. The summed E-state index contributed by atoms with van der Waals surface area (Å²) in [5, 5.41) is 7.50. The molecule has 0 spiro atoms. The van der Waals surface area contributed by atoms with Crippen LogP contribution < -0.4 is 5.32 Å². The van der Waals surface area contributed by atoms with Crippen LogP contribution in [0.5, 0.6) is 0 Å². The summed E-state index contributed by atoms with van der Waals surface area (Å²) < 4.78 is 4.03. The van der Waals surface area contributed by atoms with Crippen molar-refractivity contribution in [1.82, 2.24) is 24.2 Å². The fourth-order valence-electron chi connectivity index (χ4n) is 5.68. The molecule has 4 heterocycles. The predicted molar refractivity (Wildman–Crippen MR) is 141 cm³/mol. The Bertz CT molecular complexity index is 1480. The lowest BCUT2D eigenvalue weighted by Gasteiger charge is -2.30. The van der Waals surface area contributed by atoms with Crippen LogP contribution in [0.3, 0.4) is 0 Å².